The molecule has 0 spiro atoms. The molecule has 2 saturated heterocycles. The molecule has 2 aromatic carbocycles. The molecule has 0 unspecified atom stereocenters. The number of amides is 2. The Bertz CT molecular complexity index is 1360. The van der Waals surface area contributed by atoms with Gasteiger partial charge in [-0.05, 0) is 60.7 Å². The van der Waals surface area contributed by atoms with Crippen LogP contribution in [0.5, 0.6) is 0 Å². The number of morpholine rings is 1. The minimum absolute atomic E-state index is 0.0392. The zero-order chi connectivity index (χ0) is 28.0. The summed E-state index contributed by atoms with van der Waals surface area (Å²) in [6.45, 7) is 9.27. The van der Waals surface area contributed by atoms with Gasteiger partial charge in [-0.2, -0.15) is 0 Å². The lowest BCUT2D eigenvalue weighted by Gasteiger charge is -2.37. The number of ether oxygens (including phenoxy) is 1. The molecule has 40 heavy (non-hydrogen) atoms. The molecule has 2 fully saturated rings. The van der Waals surface area contributed by atoms with Gasteiger partial charge < -0.3 is 19.4 Å². The number of rotatable bonds is 5. The second-order valence-electron chi connectivity index (χ2n) is 11.3. The average Bonchev–Trinajstić information content (AvgIpc) is 3.67. The Morgan fingerprint density at radius 1 is 1.05 bits per heavy atom. The fourth-order valence-corrected chi connectivity index (χ4v) is 7.93. The highest BCUT2D eigenvalue weighted by Gasteiger charge is 2.54. The molecule has 0 N–H and O–H groups in total. The SMILES string of the molecule is CC(C)C1=C(C(=O)N2CCC[C@H]2C(=O)N2CCOCC2)SC2=N[C@@](C)(c3ccccc3)[C@@H](c3ccc(Cl)cc3)N21. The summed E-state index contributed by atoms with van der Waals surface area (Å²) in [5, 5.41) is 1.51. The molecule has 0 aliphatic carbocycles. The first-order valence-electron chi connectivity index (χ1n) is 14.1. The summed E-state index contributed by atoms with van der Waals surface area (Å²) in [7, 11) is 0. The highest BCUT2D eigenvalue weighted by Crippen LogP contribution is 2.56. The molecule has 4 heterocycles. The van der Waals surface area contributed by atoms with E-state index >= 15 is 0 Å². The number of carbonyl (C=O) groups excluding carboxylic acids is 2. The average molecular weight is 579 g/mol. The van der Waals surface area contributed by atoms with Gasteiger partial charge in [-0.3, -0.25) is 9.59 Å². The van der Waals surface area contributed by atoms with Gasteiger partial charge in [0, 0.05) is 30.4 Å². The quantitative estimate of drug-likeness (QED) is 0.473. The van der Waals surface area contributed by atoms with Crippen molar-refractivity contribution in [2.75, 3.05) is 32.8 Å². The third kappa shape index (κ3) is 4.64. The molecular weight excluding hydrogens is 544 g/mol. The Kier molecular flexibility index (Phi) is 7.44. The molecule has 0 aromatic heterocycles. The number of thioether (sulfide) groups is 1. The summed E-state index contributed by atoms with van der Waals surface area (Å²) >= 11 is 7.74. The fraction of sp³-hybridized carbons (Fsp3) is 0.452. The van der Waals surface area contributed by atoms with Gasteiger partial charge in [0.15, 0.2) is 5.17 Å². The van der Waals surface area contributed by atoms with Gasteiger partial charge in [0.2, 0.25) is 5.91 Å². The fourth-order valence-electron chi connectivity index (χ4n) is 6.44. The Hall–Kier alpha value is -2.81. The van der Waals surface area contributed by atoms with Gasteiger partial charge in [-0.15, -0.1) is 0 Å². The van der Waals surface area contributed by atoms with Crippen LogP contribution in [0.3, 0.4) is 0 Å². The number of hydrogen-bond donors (Lipinski definition) is 0. The zero-order valence-corrected chi connectivity index (χ0v) is 24.8. The molecule has 4 aliphatic rings. The highest BCUT2D eigenvalue weighted by atomic mass is 35.5. The molecule has 2 amide bonds. The summed E-state index contributed by atoms with van der Waals surface area (Å²) in [6, 6.07) is 17.7. The maximum Gasteiger partial charge on any atom is 0.263 e. The molecule has 0 radical (unpaired) electrons. The smallest absolute Gasteiger partial charge is 0.263 e. The standard InChI is InChI=1S/C31H35ClN4O3S/c1-20(2)25-26(29(38)35-15-7-10-24(35)28(37)34-16-18-39-19-17-34)40-30-33-31(3,22-8-5-4-6-9-22)27(36(25)30)21-11-13-23(32)14-12-21/h4-6,8-9,11-14,20,24,27H,7,10,15-19H2,1-3H3/t24-,27+,31-/m0/s1. The van der Waals surface area contributed by atoms with E-state index in [4.69, 9.17) is 21.3 Å². The van der Waals surface area contributed by atoms with Crippen molar-refractivity contribution in [1.82, 2.24) is 14.7 Å². The van der Waals surface area contributed by atoms with Gasteiger partial charge in [0.25, 0.3) is 5.91 Å². The van der Waals surface area contributed by atoms with E-state index < -0.39 is 11.6 Å². The number of halogens is 1. The maximum absolute atomic E-state index is 14.3. The van der Waals surface area contributed by atoms with Crippen LogP contribution in [0.2, 0.25) is 5.02 Å². The first-order valence-corrected chi connectivity index (χ1v) is 15.3. The van der Waals surface area contributed by atoms with Crippen LogP contribution in [0, 0.1) is 5.92 Å². The van der Waals surface area contributed by atoms with Crippen molar-refractivity contribution < 1.29 is 14.3 Å². The Morgan fingerprint density at radius 3 is 2.42 bits per heavy atom. The Labute approximate surface area is 245 Å². The number of aliphatic imine (C=N–C) groups is 1. The van der Waals surface area contributed by atoms with Crippen LogP contribution in [0.1, 0.15) is 50.8 Å². The van der Waals surface area contributed by atoms with E-state index in [0.717, 1.165) is 28.4 Å². The van der Waals surface area contributed by atoms with Crippen LogP contribution in [0.25, 0.3) is 0 Å². The van der Waals surface area contributed by atoms with E-state index in [1.807, 2.05) is 35.2 Å². The summed E-state index contributed by atoms with van der Waals surface area (Å²) < 4.78 is 5.44. The Morgan fingerprint density at radius 2 is 1.75 bits per heavy atom. The molecule has 0 bridgehead atoms. The maximum atomic E-state index is 14.3. The van der Waals surface area contributed by atoms with E-state index in [2.05, 4.69) is 49.9 Å². The molecule has 6 rings (SSSR count). The van der Waals surface area contributed by atoms with Crippen molar-refractivity contribution in [3.63, 3.8) is 0 Å². The lowest BCUT2D eigenvalue weighted by molar-refractivity contribution is -0.144. The van der Waals surface area contributed by atoms with Gasteiger partial charge in [0.1, 0.15) is 16.5 Å². The molecule has 3 atom stereocenters. The van der Waals surface area contributed by atoms with Gasteiger partial charge >= 0.3 is 0 Å². The second kappa shape index (κ2) is 10.9. The molecule has 7 nitrogen and oxygen atoms in total. The second-order valence-corrected chi connectivity index (χ2v) is 12.7. The monoisotopic (exact) mass is 578 g/mol. The number of likely N-dealkylation sites (tertiary alicyclic amines) is 1. The van der Waals surface area contributed by atoms with Crippen molar-refractivity contribution in [2.24, 2.45) is 10.9 Å². The van der Waals surface area contributed by atoms with Crippen molar-refractivity contribution in [3.8, 4) is 0 Å². The van der Waals surface area contributed by atoms with E-state index in [1.165, 1.54) is 11.8 Å². The highest BCUT2D eigenvalue weighted by molar-refractivity contribution is 8.18. The molecule has 210 valence electrons. The van der Waals surface area contributed by atoms with Crippen LogP contribution in [-0.2, 0) is 19.9 Å². The van der Waals surface area contributed by atoms with Crippen LogP contribution in [0.15, 0.2) is 70.2 Å². The van der Waals surface area contributed by atoms with E-state index in [-0.39, 0.29) is 23.8 Å². The predicted octanol–water partition coefficient (Wildman–Crippen LogP) is 5.43. The number of fused-ring (bicyclic) bond motifs is 1. The lowest BCUT2D eigenvalue weighted by atomic mass is 9.81. The summed E-state index contributed by atoms with van der Waals surface area (Å²) in [5.74, 6) is 0.0478. The van der Waals surface area contributed by atoms with Gasteiger partial charge in [0.05, 0.1) is 19.3 Å². The number of allylic oxidation sites excluding steroid dienone is 1. The molecule has 2 aromatic rings. The minimum atomic E-state index is -0.561. The summed E-state index contributed by atoms with van der Waals surface area (Å²) in [5.41, 5.74) is 2.61. The summed E-state index contributed by atoms with van der Waals surface area (Å²) in [4.78, 5) is 39.7. The lowest BCUT2D eigenvalue weighted by Crippen LogP contribution is -2.51. The van der Waals surface area contributed by atoms with Crippen molar-refractivity contribution in [3.05, 3.63) is 81.3 Å². The molecule has 4 aliphatic heterocycles. The first kappa shape index (κ1) is 27.4. The van der Waals surface area contributed by atoms with Crippen LogP contribution in [0.4, 0.5) is 0 Å². The van der Waals surface area contributed by atoms with Crippen molar-refractivity contribution in [2.45, 2.75) is 51.2 Å². The van der Waals surface area contributed by atoms with Crippen LogP contribution >= 0.6 is 23.4 Å². The molecule has 0 saturated carbocycles. The van der Waals surface area contributed by atoms with E-state index in [0.29, 0.717) is 49.2 Å². The van der Waals surface area contributed by atoms with Gasteiger partial charge in [-0.1, -0.05) is 67.9 Å². The largest absolute Gasteiger partial charge is 0.378 e. The number of nitrogens with zero attached hydrogens (tertiary/aromatic N) is 4. The third-order valence-corrected chi connectivity index (χ3v) is 9.73. The number of hydrogen-bond acceptors (Lipinski definition) is 6. The minimum Gasteiger partial charge on any atom is -0.378 e. The number of amidine groups is 1. The molecular formula is C31H35ClN4O3S. The van der Waals surface area contributed by atoms with Gasteiger partial charge in [-0.25, -0.2) is 4.99 Å². The Balaban J connectivity index is 1.38. The molecule has 9 heteroatoms. The summed E-state index contributed by atoms with van der Waals surface area (Å²) in [6.07, 6.45) is 1.52. The van der Waals surface area contributed by atoms with Crippen LogP contribution < -0.4 is 0 Å². The predicted molar refractivity (Wildman–Crippen MR) is 159 cm³/mol. The van der Waals surface area contributed by atoms with Crippen molar-refractivity contribution >= 4 is 40.3 Å². The number of benzene rings is 2. The van der Waals surface area contributed by atoms with Crippen molar-refractivity contribution in [1.29, 1.82) is 0 Å². The van der Waals surface area contributed by atoms with E-state index in [9.17, 15) is 9.59 Å². The zero-order valence-electron chi connectivity index (χ0n) is 23.2. The normalized spacial score (nSPS) is 26.5. The number of carbonyl (C=O) groups is 2. The third-order valence-electron chi connectivity index (χ3n) is 8.42. The van der Waals surface area contributed by atoms with Crippen LogP contribution in [-0.4, -0.2) is 70.6 Å². The topological polar surface area (TPSA) is 65.5 Å². The first-order chi connectivity index (χ1) is 19.3. The van der Waals surface area contributed by atoms with E-state index in [1.54, 1.807) is 4.90 Å².